The fourth-order valence-corrected chi connectivity index (χ4v) is 2.61. The normalized spacial score (nSPS) is 14.3. The van der Waals surface area contributed by atoms with Crippen LogP contribution in [0.2, 0.25) is 0 Å². The number of hydrogen-bond donors (Lipinski definition) is 1. The van der Waals surface area contributed by atoms with E-state index in [9.17, 15) is 18.8 Å². The lowest BCUT2D eigenvalue weighted by atomic mass is 10.1. The summed E-state index contributed by atoms with van der Waals surface area (Å²) in [4.78, 5) is 36.8. The molecule has 1 heterocycles. The van der Waals surface area contributed by atoms with Gasteiger partial charge in [-0.3, -0.25) is 14.4 Å². The molecule has 0 bridgehead atoms. The van der Waals surface area contributed by atoms with Crippen molar-refractivity contribution in [1.29, 1.82) is 0 Å². The molecule has 2 amide bonds. The molecule has 5 nitrogen and oxygen atoms in total. The molecular formula is C18H12ClFN2O3. The summed E-state index contributed by atoms with van der Waals surface area (Å²) in [5.74, 6) is -2.36. The number of nitrogens with zero attached hydrogens (tertiary/aromatic N) is 1. The van der Waals surface area contributed by atoms with Gasteiger partial charge in [-0.15, -0.1) is 0 Å². The third-order valence-corrected chi connectivity index (χ3v) is 4.03. The second-order valence-electron chi connectivity index (χ2n) is 5.34. The molecular weight excluding hydrogens is 347 g/mol. The quantitative estimate of drug-likeness (QED) is 0.671. The van der Waals surface area contributed by atoms with Crippen molar-refractivity contribution in [2.24, 2.45) is 0 Å². The van der Waals surface area contributed by atoms with Gasteiger partial charge in [-0.25, -0.2) is 9.29 Å². The van der Waals surface area contributed by atoms with Crippen molar-refractivity contribution >= 4 is 40.6 Å². The average Bonchev–Trinajstić information content (AvgIpc) is 2.80. The maximum Gasteiger partial charge on any atom is 0.283 e. The molecule has 25 heavy (non-hydrogen) atoms. The van der Waals surface area contributed by atoms with E-state index < -0.39 is 17.6 Å². The highest BCUT2D eigenvalue weighted by Crippen LogP contribution is 2.31. The minimum absolute atomic E-state index is 0.0957. The van der Waals surface area contributed by atoms with E-state index in [1.165, 1.54) is 25.1 Å². The average molecular weight is 359 g/mol. The van der Waals surface area contributed by atoms with Gasteiger partial charge in [0.15, 0.2) is 5.78 Å². The molecule has 126 valence electrons. The van der Waals surface area contributed by atoms with Gasteiger partial charge in [-0.2, -0.15) is 0 Å². The van der Waals surface area contributed by atoms with Gasteiger partial charge in [-0.05, 0) is 43.3 Å². The summed E-state index contributed by atoms with van der Waals surface area (Å²) in [6, 6.07) is 11.8. The fourth-order valence-electron chi connectivity index (χ4n) is 2.40. The van der Waals surface area contributed by atoms with Gasteiger partial charge in [0, 0.05) is 11.3 Å². The first kappa shape index (κ1) is 16.9. The van der Waals surface area contributed by atoms with Crippen LogP contribution in [-0.4, -0.2) is 17.6 Å². The number of benzene rings is 2. The number of para-hydroxylation sites is 1. The number of carbonyl (C=O) groups excluding carboxylic acids is 3. The number of imide groups is 1. The zero-order chi connectivity index (χ0) is 18.1. The SMILES string of the molecule is CC(=O)c1ccc(NC2=C(Cl)C(=O)N(c3ccccc3F)C2=O)cc1. The van der Waals surface area contributed by atoms with Crippen LogP contribution in [0.15, 0.2) is 59.3 Å². The Kier molecular flexibility index (Phi) is 4.37. The van der Waals surface area contributed by atoms with Crippen molar-refractivity contribution in [2.75, 3.05) is 10.2 Å². The van der Waals surface area contributed by atoms with Crippen molar-refractivity contribution in [2.45, 2.75) is 6.92 Å². The number of ketones is 1. The highest BCUT2D eigenvalue weighted by molar-refractivity contribution is 6.53. The van der Waals surface area contributed by atoms with Crippen LogP contribution in [0.25, 0.3) is 0 Å². The predicted molar refractivity (Wildman–Crippen MR) is 91.8 cm³/mol. The van der Waals surface area contributed by atoms with Crippen LogP contribution >= 0.6 is 11.6 Å². The van der Waals surface area contributed by atoms with Crippen molar-refractivity contribution in [3.8, 4) is 0 Å². The molecule has 1 aliphatic heterocycles. The van der Waals surface area contributed by atoms with E-state index in [1.54, 1.807) is 24.3 Å². The molecule has 0 aromatic heterocycles. The second kappa shape index (κ2) is 6.49. The Morgan fingerprint density at radius 2 is 1.68 bits per heavy atom. The lowest BCUT2D eigenvalue weighted by Crippen LogP contribution is -2.33. The molecule has 0 atom stereocenters. The van der Waals surface area contributed by atoms with Crippen molar-refractivity contribution in [1.82, 2.24) is 0 Å². The lowest BCUT2D eigenvalue weighted by molar-refractivity contribution is -0.120. The molecule has 0 aliphatic carbocycles. The van der Waals surface area contributed by atoms with Crippen molar-refractivity contribution < 1.29 is 18.8 Å². The Hall–Kier alpha value is -2.99. The van der Waals surface area contributed by atoms with Crippen LogP contribution < -0.4 is 10.2 Å². The Labute approximate surface area is 147 Å². The predicted octanol–water partition coefficient (Wildman–Crippen LogP) is 3.46. The minimum atomic E-state index is -0.806. The van der Waals surface area contributed by atoms with E-state index in [-0.39, 0.29) is 22.2 Å². The maximum absolute atomic E-state index is 13.9. The largest absolute Gasteiger partial charge is 0.350 e. The minimum Gasteiger partial charge on any atom is -0.350 e. The smallest absolute Gasteiger partial charge is 0.283 e. The van der Waals surface area contributed by atoms with E-state index in [2.05, 4.69) is 5.32 Å². The molecule has 0 saturated heterocycles. The molecule has 0 saturated carbocycles. The Bertz CT molecular complexity index is 922. The molecule has 2 aromatic rings. The fraction of sp³-hybridized carbons (Fsp3) is 0.0556. The molecule has 1 aliphatic rings. The molecule has 0 fully saturated rings. The number of anilines is 2. The first-order chi connectivity index (χ1) is 11.9. The summed E-state index contributed by atoms with van der Waals surface area (Å²) < 4.78 is 13.9. The molecule has 2 aromatic carbocycles. The standard InChI is InChI=1S/C18H12ClFN2O3/c1-10(23)11-6-8-12(9-7-11)21-16-15(19)17(24)22(18(16)25)14-5-3-2-4-13(14)20/h2-9,21H,1H3. The number of nitrogens with one attached hydrogen (secondary N) is 1. The van der Waals surface area contributed by atoms with E-state index in [4.69, 9.17) is 11.6 Å². The van der Waals surface area contributed by atoms with Gasteiger partial charge in [0.2, 0.25) is 0 Å². The van der Waals surface area contributed by atoms with Crippen LogP contribution in [0.1, 0.15) is 17.3 Å². The number of amides is 2. The van der Waals surface area contributed by atoms with Gasteiger partial charge in [0.05, 0.1) is 5.69 Å². The van der Waals surface area contributed by atoms with Gasteiger partial charge >= 0.3 is 0 Å². The van der Waals surface area contributed by atoms with Crippen molar-refractivity contribution in [3.05, 3.63) is 70.6 Å². The lowest BCUT2D eigenvalue weighted by Gasteiger charge is -2.15. The first-order valence-corrected chi connectivity index (χ1v) is 7.69. The maximum atomic E-state index is 13.9. The number of hydrogen-bond acceptors (Lipinski definition) is 4. The summed E-state index contributed by atoms with van der Waals surface area (Å²) in [5, 5.41) is 2.43. The molecule has 0 spiro atoms. The zero-order valence-corrected chi connectivity index (χ0v) is 13.8. The summed E-state index contributed by atoms with van der Waals surface area (Å²) in [6.45, 7) is 1.44. The van der Waals surface area contributed by atoms with E-state index >= 15 is 0 Å². The molecule has 1 N–H and O–H groups in total. The first-order valence-electron chi connectivity index (χ1n) is 7.31. The zero-order valence-electron chi connectivity index (χ0n) is 13.0. The summed E-state index contributed by atoms with van der Waals surface area (Å²) >= 11 is 5.98. The third-order valence-electron chi connectivity index (χ3n) is 3.68. The monoisotopic (exact) mass is 358 g/mol. The number of Topliss-reactive ketones (excluding diaryl/α,β-unsaturated/α-hetero) is 1. The highest BCUT2D eigenvalue weighted by Gasteiger charge is 2.40. The van der Waals surface area contributed by atoms with Crippen LogP contribution in [-0.2, 0) is 9.59 Å². The third kappa shape index (κ3) is 3.04. The molecule has 0 unspecified atom stereocenters. The van der Waals surface area contributed by atoms with E-state index in [0.29, 0.717) is 16.2 Å². The molecule has 0 radical (unpaired) electrons. The van der Waals surface area contributed by atoms with E-state index in [1.807, 2.05) is 0 Å². The molecule has 7 heteroatoms. The summed E-state index contributed by atoms with van der Waals surface area (Å²) in [7, 11) is 0. The Balaban J connectivity index is 1.90. The topological polar surface area (TPSA) is 66.5 Å². The van der Waals surface area contributed by atoms with E-state index in [0.717, 1.165) is 6.07 Å². The second-order valence-corrected chi connectivity index (χ2v) is 5.72. The van der Waals surface area contributed by atoms with Gasteiger partial charge in [-0.1, -0.05) is 23.7 Å². The highest BCUT2D eigenvalue weighted by atomic mass is 35.5. The van der Waals surface area contributed by atoms with Crippen LogP contribution in [0, 0.1) is 5.82 Å². The van der Waals surface area contributed by atoms with Gasteiger partial charge in [0.25, 0.3) is 11.8 Å². The number of carbonyl (C=O) groups is 3. The molecule has 3 rings (SSSR count). The van der Waals surface area contributed by atoms with Gasteiger partial charge < -0.3 is 5.32 Å². The Morgan fingerprint density at radius 1 is 1.04 bits per heavy atom. The number of halogens is 2. The van der Waals surface area contributed by atoms with Crippen molar-refractivity contribution in [3.63, 3.8) is 0 Å². The summed E-state index contributed by atoms with van der Waals surface area (Å²) in [6.07, 6.45) is 0. The number of rotatable bonds is 4. The summed E-state index contributed by atoms with van der Waals surface area (Å²) in [5.41, 5.74) is 0.659. The van der Waals surface area contributed by atoms with Crippen LogP contribution in [0.3, 0.4) is 0 Å². The van der Waals surface area contributed by atoms with Crippen LogP contribution in [0.4, 0.5) is 15.8 Å². The Morgan fingerprint density at radius 3 is 2.28 bits per heavy atom. The van der Waals surface area contributed by atoms with Crippen LogP contribution in [0.5, 0.6) is 0 Å². The van der Waals surface area contributed by atoms with Gasteiger partial charge in [0.1, 0.15) is 16.5 Å².